The summed E-state index contributed by atoms with van der Waals surface area (Å²) in [6.45, 7) is 1.27. The van der Waals surface area contributed by atoms with Gasteiger partial charge in [0.25, 0.3) is 0 Å². The van der Waals surface area contributed by atoms with Gasteiger partial charge in [0.2, 0.25) is 5.91 Å². The maximum Gasteiger partial charge on any atom is 0.237 e. The van der Waals surface area contributed by atoms with E-state index in [1.165, 1.54) is 0 Å². The van der Waals surface area contributed by atoms with Crippen molar-refractivity contribution in [2.75, 3.05) is 6.54 Å². The van der Waals surface area contributed by atoms with Crippen LogP contribution in [0.15, 0.2) is 28.7 Å². The molecular weight excluding hydrogens is 346 g/mol. The molecule has 1 aromatic carbocycles. The van der Waals surface area contributed by atoms with Crippen molar-refractivity contribution < 1.29 is 4.79 Å². The Balaban J connectivity index is 1.57. The Kier molecular flexibility index (Phi) is 4.84. The van der Waals surface area contributed by atoms with Gasteiger partial charge < -0.3 is 10.6 Å². The summed E-state index contributed by atoms with van der Waals surface area (Å²) in [6.07, 6.45) is 3.13. The SMILES string of the molecule is O=C(NCc1nc(-c2ccc(Br)cc2)n[nH]1)C1CCCCN1. The lowest BCUT2D eigenvalue weighted by atomic mass is 10.0. The van der Waals surface area contributed by atoms with Gasteiger partial charge in [-0.1, -0.05) is 34.5 Å². The molecule has 3 N–H and O–H groups in total. The van der Waals surface area contributed by atoms with E-state index in [4.69, 9.17) is 0 Å². The number of nitrogens with one attached hydrogen (secondary N) is 3. The minimum Gasteiger partial charge on any atom is -0.347 e. The van der Waals surface area contributed by atoms with Gasteiger partial charge in [-0.2, -0.15) is 5.10 Å². The summed E-state index contributed by atoms with van der Waals surface area (Å²) >= 11 is 3.40. The van der Waals surface area contributed by atoms with Crippen LogP contribution in [0.5, 0.6) is 0 Å². The number of piperidine rings is 1. The first-order valence-corrected chi connectivity index (χ1v) is 8.20. The Morgan fingerprint density at radius 2 is 2.14 bits per heavy atom. The Bertz CT molecular complexity index is 634. The molecule has 1 aliphatic heterocycles. The molecular formula is C15H18BrN5O. The van der Waals surface area contributed by atoms with E-state index in [0.29, 0.717) is 18.2 Å². The second-order valence-corrected chi connectivity index (χ2v) is 6.25. The van der Waals surface area contributed by atoms with Crippen molar-refractivity contribution in [3.63, 3.8) is 0 Å². The molecule has 3 rings (SSSR count). The zero-order valence-electron chi connectivity index (χ0n) is 12.1. The molecule has 0 aliphatic carbocycles. The van der Waals surface area contributed by atoms with Crippen molar-refractivity contribution in [1.82, 2.24) is 25.8 Å². The standard InChI is InChI=1S/C15H18BrN5O/c16-11-6-4-10(5-7-11)14-19-13(20-21-14)9-18-15(22)12-3-1-2-8-17-12/h4-7,12,17H,1-3,8-9H2,(H,18,22)(H,19,20,21). The van der Waals surface area contributed by atoms with Gasteiger partial charge in [0.1, 0.15) is 5.82 Å². The molecule has 0 spiro atoms. The van der Waals surface area contributed by atoms with Gasteiger partial charge in [-0.15, -0.1) is 0 Å². The maximum absolute atomic E-state index is 12.0. The van der Waals surface area contributed by atoms with Crippen LogP contribution in [-0.2, 0) is 11.3 Å². The normalized spacial score (nSPS) is 18.1. The van der Waals surface area contributed by atoms with Gasteiger partial charge in [0.05, 0.1) is 12.6 Å². The number of aromatic nitrogens is 3. The van der Waals surface area contributed by atoms with Crippen LogP contribution in [0.3, 0.4) is 0 Å². The summed E-state index contributed by atoms with van der Waals surface area (Å²) in [5.41, 5.74) is 0.936. The van der Waals surface area contributed by atoms with Crippen LogP contribution in [0.2, 0.25) is 0 Å². The van der Waals surface area contributed by atoms with E-state index in [9.17, 15) is 4.79 Å². The van der Waals surface area contributed by atoms with Crippen LogP contribution in [0.4, 0.5) is 0 Å². The minimum atomic E-state index is -0.0809. The maximum atomic E-state index is 12.0. The number of halogens is 1. The van der Waals surface area contributed by atoms with Crippen molar-refractivity contribution >= 4 is 21.8 Å². The molecule has 7 heteroatoms. The lowest BCUT2D eigenvalue weighted by molar-refractivity contribution is -0.123. The molecule has 116 valence electrons. The first kappa shape index (κ1) is 15.2. The third kappa shape index (κ3) is 3.72. The lowest BCUT2D eigenvalue weighted by Gasteiger charge is -2.22. The molecule has 1 aliphatic rings. The first-order valence-electron chi connectivity index (χ1n) is 7.41. The number of amides is 1. The molecule has 0 radical (unpaired) electrons. The molecule has 1 unspecified atom stereocenters. The summed E-state index contributed by atoms with van der Waals surface area (Å²) < 4.78 is 1.01. The lowest BCUT2D eigenvalue weighted by Crippen LogP contribution is -2.46. The smallest absolute Gasteiger partial charge is 0.237 e. The second kappa shape index (κ2) is 7.02. The fraction of sp³-hybridized carbons (Fsp3) is 0.400. The van der Waals surface area contributed by atoms with E-state index in [2.05, 4.69) is 41.7 Å². The van der Waals surface area contributed by atoms with Gasteiger partial charge >= 0.3 is 0 Å². The summed E-state index contributed by atoms with van der Waals surface area (Å²) in [4.78, 5) is 16.5. The predicted molar refractivity (Wildman–Crippen MR) is 87.0 cm³/mol. The largest absolute Gasteiger partial charge is 0.347 e. The van der Waals surface area contributed by atoms with Crippen molar-refractivity contribution in [1.29, 1.82) is 0 Å². The van der Waals surface area contributed by atoms with E-state index >= 15 is 0 Å². The number of carbonyl (C=O) groups is 1. The number of H-pyrrole nitrogens is 1. The molecule has 1 fully saturated rings. The number of rotatable bonds is 4. The fourth-order valence-electron chi connectivity index (χ4n) is 2.47. The van der Waals surface area contributed by atoms with Crippen molar-refractivity contribution in [3.05, 3.63) is 34.6 Å². The molecule has 1 amide bonds. The highest BCUT2D eigenvalue weighted by molar-refractivity contribution is 9.10. The molecule has 1 atom stereocenters. The molecule has 2 heterocycles. The zero-order chi connectivity index (χ0) is 15.4. The molecule has 22 heavy (non-hydrogen) atoms. The van der Waals surface area contributed by atoms with Gasteiger partial charge in [-0.25, -0.2) is 4.98 Å². The van der Waals surface area contributed by atoms with E-state index in [-0.39, 0.29) is 11.9 Å². The van der Waals surface area contributed by atoms with Crippen molar-refractivity contribution in [2.24, 2.45) is 0 Å². The number of hydrogen-bond donors (Lipinski definition) is 3. The third-order valence-electron chi connectivity index (χ3n) is 3.69. The molecule has 1 aromatic heterocycles. The van der Waals surface area contributed by atoms with Crippen LogP contribution < -0.4 is 10.6 Å². The van der Waals surface area contributed by atoms with Crippen LogP contribution >= 0.6 is 15.9 Å². The summed E-state index contributed by atoms with van der Waals surface area (Å²) in [5.74, 6) is 1.32. The topological polar surface area (TPSA) is 82.7 Å². The first-order chi connectivity index (χ1) is 10.7. The fourth-order valence-corrected chi connectivity index (χ4v) is 2.74. The van der Waals surface area contributed by atoms with Crippen LogP contribution in [-0.4, -0.2) is 33.7 Å². The number of hydrogen-bond acceptors (Lipinski definition) is 4. The van der Waals surface area contributed by atoms with Gasteiger partial charge in [0, 0.05) is 10.0 Å². The van der Waals surface area contributed by atoms with Crippen LogP contribution in [0, 0.1) is 0 Å². The van der Waals surface area contributed by atoms with Crippen LogP contribution in [0.25, 0.3) is 11.4 Å². The summed E-state index contributed by atoms with van der Waals surface area (Å²) in [7, 11) is 0. The predicted octanol–water partition coefficient (Wildman–Crippen LogP) is 1.99. The van der Waals surface area contributed by atoms with E-state index in [1.54, 1.807) is 0 Å². The number of carbonyl (C=O) groups excluding carboxylic acids is 1. The Hall–Kier alpha value is -1.73. The molecule has 2 aromatic rings. The minimum absolute atomic E-state index is 0.0290. The van der Waals surface area contributed by atoms with Gasteiger partial charge in [-0.3, -0.25) is 9.89 Å². The zero-order valence-corrected chi connectivity index (χ0v) is 13.7. The number of nitrogens with zero attached hydrogens (tertiary/aromatic N) is 2. The third-order valence-corrected chi connectivity index (χ3v) is 4.22. The molecule has 0 saturated carbocycles. The average Bonchev–Trinajstić information content (AvgIpc) is 3.03. The van der Waals surface area contributed by atoms with Crippen LogP contribution in [0.1, 0.15) is 25.1 Å². The van der Waals surface area contributed by atoms with Gasteiger partial charge in [-0.05, 0) is 31.5 Å². The Morgan fingerprint density at radius 1 is 1.32 bits per heavy atom. The van der Waals surface area contributed by atoms with Crippen molar-refractivity contribution in [3.8, 4) is 11.4 Å². The summed E-state index contributed by atoms with van der Waals surface area (Å²) in [5, 5.41) is 13.2. The Labute approximate surface area is 137 Å². The quantitative estimate of drug-likeness (QED) is 0.775. The highest BCUT2D eigenvalue weighted by Crippen LogP contribution is 2.18. The highest BCUT2D eigenvalue weighted by Gasteiger charge is 2.20. The van der Waals surface area contributed by atoms with E-state index in [0.717, 1.165) is 35.8 Å². The van der Waals surface area contributed by atoms with Crippen molar-refractivity contribution in [2.45, 2.75) is 31.8 Å². The second-order valence-electron chi connectivity index (χ2n) is 5.33. The van der Waals surface area contributed by atoms with E-state index in [1.807, 2.05) is 24.3 Å². The molecule has 1 saturated heterocycles. The number of aromatic amines is 1. The molecule has 6 nitrogen and oxygen atoms in total. The number of benzene rings is 1. The summed E-state index contributed by atoms with van der Waals surface area (Å²) in [6, 6.07) is 7.70. The monoisotopic (exact) mass is 363 g/mol. The van der Waals surface area contributed by atoms with E-state index < -0.39 is 0 Å². The van der Waals surface area contributed by atoms with Gasteiger partial charge in [0.15, 0.2) is 5.82 Å². The highest BCUT2D eigenvalue weighted by atomic mass is 79.9. The molecule has 0 bridgehead atoms. The average molecular weight is 364 g/mol. The Morgan fingerprint density at radius 3 is 2.86 bits per heavy atom.